The average molecular weight is 255 g/mol. The van der Waals surface area contributed by atoms with Gasteiger partial charge < -0.3 is 0 Å². The normalized spacial score (nSPS) is 11.7. The zero-order valence-electron chi connectivity index (χ0n) is 9.32. The van der Waals surface area contributed by atoms with Crippen molar-refractivity contribution in [2.45, 2.75) is 20.8 Å². The maximum atomic E-state index is 11.8. The minimum Gasteiger partial charge on any atom is -0.297 e. The van der Waals surface area contributed by atoms with E-state index in [1.54, 1.807) is 13.8 Å². The lowest BCUT2D eigenvalue weighted by molar-refractivity contribution is -0.109. The van der Waals surface area contributed by atoms with Crippen LogP contribution in [-0.4, -0.2) is 30.6 Å². The van der Waals surface area contributed by atoms with Gasteiger partial charge in [0.05, 0.1) is 13.2 Å². The fraction of sp³-hybridized carbons (Fsp3) is 0.875. The molecule has 0 atom stereocenters. The van der Waals surface area contributed by atoms with Crippen LogP contribution in [0.1, 0.15) is 20.8 Å². The summed E-state index contributed by atoms with van der Waals surface area (Å²) < 4.78 is 21.8. The number of nitrogens with one attached hydrogen (secondary N) is 1. The van der Waals surface area contributed by atoms with E-state index in [2.05, 4.69) is 5.09 Å². The summed E-state index contributed by atoms with van der Waals surface area (Å²) in [4.78, 5) is 10.6. The first kappa shape index (κ1) is 15.1. The van der Waals surface area contributed by atoms with Crippen molar-refractivity contribution in [3.8, 4) is 0 Å². The molecular weight excluding hydrogens is 237 g/mol. The molecule has 0 aromatic heterocycles. The SMILES string of the molecule is CCOP(=O)(NCCSC(C)=O)OCC. The molecule has 0 aliphatic carbocycles. The highest BCUT2D eigenvalue weighted by atomic mass is 32.2. The summed E-state index contributed by atoms with van der Waals surface area (Å²) in [6, 6.07) is 0. The van der Waals surface area contributed by atoms with Crippen molar-refractivity contribution in [3.63, 3.8) is 0 Å². The van der Waals surface area contributed by atoms with Crippen LogP contribution < -0.4 is 5.09 Å². The first-order valence-corrected chi connectivity index (χ1v) is 7.34. The van der Waals surface area contributed by atoms with Crippen molar-refractivity contribution in [1.82, 2.24) is 5.09 Å². The van der Waals surface area contributed by atoms with E-state index in [4.69, 9.17) is 9.05 Å². The molecule has 0 aromatic rings. The lowest BCUT2D eigenvalue weighted by atomic mass is 10.8. The minimum atomic E-state index is -3.15. The van der Waals surface area contributed by atoms with Gasteiger partial charge in [-0.05, 0) is 13.8 Å². The first-order valence-electron chi connectivity index (χ1n) is 4.81. The van der Waals surface area contributed by atoms with Gasteiger partial charge in [0.1, 0.15) is 0 Å². The standard InChI is InChI=1S/C8H18NO4PS/c1-4-12-14(11,13-5-2)9-6-7-15-8(3)10/h4-7H2,1-3H3,(H,9,11). The monoisotopic (exact) mass is 255 g/mol. The van der Waals surface area contributed by atoms with E-state index in [1.165, 1.54) is 18.7 Å². The van der Waals surface area contributed by atoms with Crippen LogP contribution in [0.5, 0.6) is 0 Å². The van der Waals surface area contributed by atoms with E-state index in [1.807, 2.05) is 0 Å². The summed E-state index contributed by atoms with van der Waals surface area (Å²) in [5, 5.41) is 2.73. The van der Waals surface area contributed by atoms with Crippen molar-refractivity contribution >= 4 is 24.6 Å². The largest absolute Gasteiger partial charge is 0.405 e. The van der Waals surface area contributed by atoms with Gasteiger partial charge in [-0.2, -0.15) is 0 Å². The topological polar surface area (TPSA) is 64.6 Å². The first-order chi connectivity index (χ1) is 7.04. The highest BCUT2D eigenvalue weighted by Crippen LogP contribution is 2.42. The Labute approximate surface area is 94.9 Å². The van der Waals surface area contributed by atoms with Crippen LogP contribution in [0.3, 0.4) is 0 Å². The third-order valence-electron chi connectivity index (χ3n) is 1.31. The minimum absolute atomic E-state index is 0.0412. The van der Waals surface area contributed by atoms with E-state index >= 15 is 0 Å². The van der Waals surface area contributed by atoms with E-state index in [0.29, 0.717) is 25.5 Å². The average Bonchev–Trinajstić information content (AvgIpc) is 2.13. The van der Waals surface area contributed by atoms with Gasteiger partial charge >= 0.3 is 7.75 Å². The lowest BCUT2D eigenvalue weighted by Crippen LogP contribution is -2.18. The Balaban J connectivity index is 3.85. The zero-order chi connectivity index (χ0) is 11.7. The summed E-state index contributed by atoms with van der Waals surface area (Å²) in [5.41, 5.74) is 0. The number of hydrogen-bond acceptors (Lipinski definition) is 5. The quantitative estimate of drug-likeness (QED) is 0.529. The molecule has 0 fully saturated rings. The Hall–Kier alpha value is 0.130. The van der Waals surface area contributed by atoms with Crippen LogP contribution >= 0.6 is 19.5 Å². The molecule has 0 bridgehead atoms. The van der Waals surface area contributed by atoms with E-state index < -0.39 is 7.75 Å². The molecule has 0 amide bonds. The fourth-order valence-electron chi connectivity index (χ4n) is 0.846. The van der Waals surface area contributed by atoms with Gasteiger partial charge in [-0.3, -0.25) is 13.8 Å². The molecule has 15 heavy (non-hydrogen) atoms. The van der Waals surface area contributed by atoms with Crippen molar-refractivity contribution in [2.24, 2.45) is 0 Å². The second-order valence-corrected chi connectivity index (χ2v) is 5.68. The van der Waals surface area contributed by atoms with Crippen LogP contribution in [0, 0.1) is 0 Å². The highest BCUT2D eigenvalue weighted by Gasteiger charge is 2.22. The van der Waals surface area contributed by atoms with Crippen molar-refractivity contribution in [3.05, 3.63) is 0 Å². The number of carbonyl (C=O) groups excluding carboxylic acids is 1. The van der Waals surface area contributed by atoms with Crippen LogP contribution in [0.25, 0.3) is 0 Å². The molecule has 0 rings (SSSR count). The Bertz CT molecular complexity index is 227. The lowest BCUT2D eigenvalue weighted by Gasteiger charge is -2.17. The molecule has 0 saturated heterocycles. The Kier molecular flexibility index (Phi) is 8.37. The second-order valence-electron chi connectivity index (χ2n) is 2.58. The molecular formula is C8H18NO4PS. The Morgan fingerprint density at radius 2 is 1.87 bits per heavy atom. The third-order valence-corrected chi connectivity index (χ3v) is 3.93. The van der Waals surface area contributed by atoms with Gasteiger partial charge in [0.2, 0.25) is 0 Å². The highest BCUT2D eigenvalue weighted by molar-refractivity contribution is 8.13. The molecule has 0 aromatic carbocycles. The number of rotatable bonds is 8. The maximum Gasteiger partial charge on any atom is 0.405 e. The van der Waals surface area contributed by atoms with Gasteiger partial charge in [0, 0.05) is 19.2 Å². The van der Waals surface area contributed by atoms with Crippen molar-refractivity contribution in [1.29, 1.82) is 0 Å². The number of thioether (sulfide) groups is 1. The molecule has 0 aliphatic rings. The summed E-state index contributed by atoms with van der Waals surface area (Å²) in [6.45, 7) is 6.06. The Morgan fingerprint density at radius 3 is 2.27 bits per heavy atom. The van der Waals surface area contributed by atoms with Gasteiger partial charge in [0.15, 0.2) is 5.12 Å². The molecule has 0 spiro atoms. The van der Waals surface area contributed by atoms with Gasteiger partial charge in [-0.1, -0.05) is 11.8 Å². The summed E-state index contributed by atoms with van der Waals surface area (Å²) >= 11 is 1.17. The molecule has 0 heterocycles. The van der Waals surface area contributed by atoms with Gasteiger partial charge in [-0.25, -0.2) is 9.65 Å². The summed E-state index contributed by atoms with van der Waals surface area (Å²) in [5.74, 6) is 0.555. The van der Waals surface area contributed by atoms with E-state index in [9.17, 15) is 9.36 Å². The fourth-order valence-corrected chi connectivity index (χ4v) is 2.81. The maximum absolute atomic E-state index is 11.8. The van der Waals surface area contributed by atoms with Crippen LogP contribution in [0.2, 0.25) is 0 Å². The predicted molar refractivity (Wildman–Crippen MR) is 62.0 cm³/mol. The molecule has 0 radical (unpaired) electrons. The van der Waals surface area contributed by atoms with Crippen molar-refractivity contribution < 1.29 is 18.4 Å². The third kappa shape index (κ3) is 7.99. The molecule has 90 valence electrons. The molecule has 0 aliphatic heterocycles. The summed E-state index contributed by atoms with van der Waals surface area (Å²) in [7, 11) is -3.15. The van der Waals surface area contributed by atoms with Crippen molar-refractivity contribution in [2.75, 3.05) is 25.5 Å². The van der Waals surface area contributed by atoms with Gasteiger partial charge in [0.25, 0.3) is 0 Å². The van der Waals surface area contributed by atoms with Crippen LogP contribution in [-0.2, 0) is 18.4 Å². The molecule has 7 heteroatoms. The van der Waals surface area contributed by atoms with Crippen LogP contribution in [0.15, 0.2) is 0 Å². The predicted octanol–water partition coefficient (Wildman–Crippen LogP) is 2.04. The molecule has 5 nitrogen and oxygen atoms in total. The molecule has 0 unspecified atom stereocenters. The zero-order valence-corrected chi connectivity index (χ0v) is 11.0. The van der Waals surface area contributed by atoms with Crippen LogP contribution in [0.4, 0.5) is 0 Å². The second kappa shape index (κ2) is 8.30. The number of carbonyl (C=O) groups is 1. The smallest absolute Gasteiger partial charge is 0.297 e. The number of hydrogen-bond donors (Lipinski definition) is 1. The van der Waals surface area contributed by atoms with E-state index in [0.717, 1.165) is 0 Å². The Morgan fingerprint density at radius 1 is 1.33 bits per heavy atom. The van der Waals surface area contributed by atoms with Gasteiger partial charge in [-0.15, -0.1) is 0 Å². The molecule has 0 saturated carbocycles. The van der Waals surface area contributed by atoms with E-state index in [-0.39, 0.29) is 5.12 Å². The molecule has 1 N–H and O–H groups in total. The summed E-state index contributed by atoms with van der Waals surface area (Å²) in [6.07, 6.45) is 0.